The number of carbonyl (C=O) groups excluding carboxylic acids is 1. The third-order valence-electron chi connectivity index (χ3n) is 5.52. The molecule has 6 nitrogen and oxygen atoms in total. The monoisotopic (exact) mass is 492 g/mol. The minimum absolute atomic E-state index is 0.127. The zero-order valence-electron chi connectivity index (χ0n) is 21.0. The molecule has 0 fully saturated rings. The van der Waals surface area contributed by atoms with Crippen LogP contribution in [-0.4, -0.2) is 41.3 Å². The van der Waals surface area contributed by atoms with Gasteiger partial charge in [-0.2, -0.15) is 0 Å². The Morgan fingerprint density at radius 2 is 1.50 bits per heavy atom. The van der Waals surface area contributed by atoms with E-state index in [-0.39, 0.29) is 11.5 Å². The summed E-state index contributed by atoms with van der Waals surface area (Å²) in [6.45, 7) is 0. The number of hydrogen-bond acceptors (Lipinski definition) is 6. The van der Waals surface area contributed by atoms with Crippen LogP contribution in [0.1, 0.15) is 27.0 Å². The number of rotatable bonds is 11. The molecule has 7 heteroatoms. The van der Waals surface area contributed by atoms with Gasteiger partial charge in [0.2, 0.25) is 5.75 Å². The van der Waals surface area contributed by atoms with E-state index in [1.165, 1.54) is 26.4 Å². The normalized spacial score (nSPS) is 11.1. The maximum atomic E-state index is 14.5. The van der Waals surface area contributed by atoms with Crippen molar-refractivity contribution < 1.29 is 32.9 Å². The van der Waals surface area contributed by atoms with Crippen LogP contribution in [-0.2, 0) is 6.42 Å². The average molecular weight is 493 g/mol. The molecule has 0 aromatic heterocycles. The number of ketones is 1. The van der Waals surface area contributed by atoms with Gasteiger partial charge in [0.15, 0.2) is 28.8 Å². The summed E-state index contributed by atoms with van der Waals surface area (Å²) in [5.41, 5.74) is 2.72. The first-order valence-corrected chi connectivity index (χ1v) is 11.1. The van der Waals surface area contributed by atoms with Gasteiger partial charge in [-0.25, -0.2) is 4.39 Å². The second-order valence-electron chi connectivity index (χ2n) is 7.68. The fraction of sp³-hybridized carbons (Fsp3) is 0.207. The molecule has 0 aliphatic rings. The van der Waals surface area contributed by atoms with Gasteiger partial charge in [0, 0.05) is 5.56 Å². The Hall–Kier alpha value is -4.26. The molecule has 0 saturated carbocycles. The predicted molar refractivity (Wildman–Crippen MR) is 138 cm³/mol. The van der Waals surface area contributed by atoms with Crippen LogP contribution >= 0.6 is 0 Å². The molecule has 0 spiro atoms. The molecule has 0 aliphatic heterocycles. The van der Waals surface area contributed by atoms with Crippen LogP contribution in [0.3, 0.4) is 0 Å². The molecule has 0 amide bonds. The molecule has 36 heavy (non-hydrogen) atoms. The number of methoxy groups -OCH3 is 5. The van der Waals surface area contributed by atoms with E-state index in [2.05, 4.69) is 0 Å². The van der Waals surface area contributed by atoms with Crippen molar-refractivity contribution in [3.63, 3.8) is 0 Å². The van der Waals surface area contributed by atoms with Crippen molar-refractivity contribution in [3.05, 3.63) is 88.8 Å². The van der Waals surface area contributed by atoms with Crippen LogP contribution in [0.15, 0.2) is 60.7 Å². The lowest BCUT2D eigenvalue weighted by Gasteiger charge is -2.13. The summed E-state index contributed by atoms with van der Waals surface area (Å²) in [7, 11) is 7.58. The number of hydrogen-bond donors (Lipinski definition) is 0. The number of halogens is 1. The molecule has 0 atom stereocenters. The van der Waals surface area contributed by atoms with Crippen molar-refractivity contribution in [3.8, 4) is 28.7 Å². The summed E-state index contributed by atoms with van der Waals surface area (Å²) < 4.78 is 41.1. The number of allylic oxidation sites excluding steroid dienone is 2. The van der Waals surface area contributed by atoms with Crippen molar-refractivity contribution in [2.45, 2.75) is 6.42 Å². The second-order valence-corrected chi connectivity index (χ2v) is 7.68. The molecule has 0 radical (unpaired) electrons. The first-order chi connectivity index (χ1) is 17.4. The van der Waals surface area contributed by atoms with E-state index in [9.17, 15) is 9.18 Å². The molecule has 3 aromatic carbocycles. The van der Waals surface area contributed by atoms with E-state index in [1.807, 2.05) is 6.08 Å². The first-order valence-electron chi connectivity index (χ1n) is 11.1. The molecule has 188 valence electrons. The molecular formula is C29H29FO6. The minimum atomic E-state index is -0.484. The molecule has 3 aromatic rings. The lowest BCUT2D eigenvalue weighted by Crippen LogP contribution is -1.97. The lowest BCUT2D eigenvalue weighted by molar-refractivity contribution is 0.104. The van der Waals surface area contributed by atoms with E-state index in [0.29, 0.717) is 40.5 Å². The van der Waals surface area contributed by atoms with Crippen molar-refractivity contribution in [2.75, 3.05) is 35.5 Å². The Morgan fingerprint density at radius 1 is 0.806 bits per heavy atom. The zero-order chi connectivity index (χ0) is 26.1. The van der Waals surface area contributed by atoms with Crippen LogP contribution in [0.25, 0.3) is 12.2 Å². The summed E-state index contributed by atoms with van der Waals surface area (Å²) >= 11 is 0. The Bertz CT molecular complexity index is 1250. The van der Waals surface area contributed by atoms with Gasteiger partial charge >= 0.3 is 0 Å². The number of carbonyl (C=O) groups is 1. The summed E-state index contributed by atoms with van der Waals surface area (Å²) in [5, 5.41) is 0. The van der Waals surface area contributed by atoms with Crippen LogP contribution in [0.5, 0.6) is 28.7 Å². The Balaban J connectivity index is 1.90. The third-order valence-corrected chi connectivity index (χ3v) is 5.52. The van der Waals surface area contributed by atoms with Crippen LogP contribution in [0, 0.1) is 5.82 Å². The van der Waals surface area contributed by atoms with Crippen LogP contribution in [0.2, 0.25) is 0 Å². The van der Waals surface area contributed by atoms with Gasteiger partial charge in [0.1, 0.15) is 5.75 Å². The first kappa shape index (κ1) is 26.3. The number of ether oxygens (including phenoxy) is 5. The topological polar surface area (TPSA) is 63.2 Å². The predicted octanol–water partition coefficient (Wildman–Crippen LogP) is 6.02. The van der Waals surface area contributed by atoms with Crippen molar-refractivity contribution in [1.82, 2.24) is 0 Å². The van der Waals surface area contributed by atoms with Crippen molar-refractivity contribution in [2.24, 2.45) is 0 Å². The fourth-order valence-electron chi connectivity index (χ4n) is 3.65. The van der Waals surface area contributed by atoms with E-state index in [1.54, 1.807) is 75.9 Å². The molecule has 0 unspecified atom stereocenters. The molecular weight excluding hydrogens is 463 g/mol. The van der Waals surface area contributed by atoms with Gasteiger partial charge in [0.25, 0.3) is 0 Å². The highest BCUT2D eigenvalue weighted by Gasteiger charge is 2.13. The quantitative estimate of drug-likeness (QED) is 0.185. The molecule has 0 bridgehead atoms. The van der Waals surface area contributed by atoms with E-state index < -0.39 is 5.82 Å². The van der Waals surface area contributed by atoms with Gasteiger partial charge in [-0.05, 0) is 65.6 Å². The molecule has 0 heterocycles. The van der Waals surface area contributed by atoms with Crippen molar-refractivity contribution >= 4 is 17.9 Å². The van der Waals surface area contributed by atoms with Gasteiger partial charge in [0.05, 0.1) is 35.5 Å². The van der Waals surface area contributed by atoms with Gasteiger partial charge < -0.3 is 23.7 Å². The summed E-state index contributed by atoms with van der Waals surface area (Å²) in [5.74, 6) is 1.60. The van der Waals surface area contributed by atoms with Gasteiger partial charge in [-0.3, -0.25) is 4.79 Å². The molecule has 0 aliphatic carbocycles. The molecule has 0 N–H and O–H groups in total. The highest BCUT2D eigenvalue weighted by atomic mass is 19.1. The Labute approximate surface area is 210 Å². The summed E-state index contributed by atoms with van der Waals surface area (Å²) in [6.07, 6.45) is 7.24. The highest BCUT2D eigenvalue weighted by Crippen LogP contribution is 2.38. The summed E-state index contributed by atoms with van der Waals surface area (Å²) in [6, 6.07) is 13.6. The largest absolute Gasteiger partial charge is 0.497 e. The molecule has 3 rings (SSSR count). The van der Waals surface area contributed by atoms with E-state index in [0.717, 1.165) is 11.1 Å². The minimum Gasteiger partial charge on any atom is -0.497 e. The van der Waals surface area contributed by atoms with Crippen molar-refractivity contribution in [1.29, 1.82) is 0 Å². The second kappa shape index (κ2) is 12.4. The van der Waals surface area contributed by atoms with E-state index in [4.69, 9.17) is 23.7 Å². The lowest BCUT2D eigenvalue weighted by atomic mass is 10.0. The maximum Gasteiger partial charge on any atom is 0.203 e. The summed E-state index contributed by atoms with van der Waals surface area (Å²) in [4.78, 5) is 12.6. The highest BCUT2D eigenvalue weighted by molar-refractivity contribution is 6.04. The third kappa shape index (κ3) is 6.24. The maximum absolute atomic E-state index is 14.5. The average Bonchev–Trinajstić information content (AvgIpc) is 2.91. The van der Waals surface area contributed by atoms with Gasteiger partial charge in [-0.1, -0.05) is 30.4 Å². The van der Waals surface area contributed by atoms with E-state index >= 15 is 0 Å². The van der Waals surface area contributed by atoms with Crippen LogP contribution < -0.4 is 23.7 Å². The zero-order valence-corrected chi connectivity index (χ0v) is 21.0. The Kier molecular flexibility index (Phi) is 9.11. The van der Waals surface area contributed by atoms with Crippen LogP contribution in [0.4, 0.5) is 4.39 Å². The standard InChI is InChI=1S/C29H29FO6/c1-32-23-10-6-9-22(16-23)25(31)11-7-8-20-18-26(33-2)24(30)17-21(20)13-12-19-14-27(34-3)29(36-5)28(15-19)35-4/h6-7,9-18H,8H2,1-5H3/b11-7-,13-12-. The SMILES string of the molecule is COc1cccc(C(=O)/C=C\Cc2cc(OC)c(F)cc2/C=C\c2cc(OC)c(OC)c(OC)c2)c1. The smallest absolute Gasteiger partial charge is 0.203 e. The Morgan fingerprint density at radius 3 is 2.11 bits per heavy atom. The molecule has 0 saturated heterocycles. The van der Waals surface area contributed by atoms with Gasteiger partial charge in [-0.15, -0.1) is 0 Å². The fourth-order valence-corrected chi connectivity index (χ4v) is 3.65. The number of benzene rings is 3.